The molecule has 0 unspecified atom stereocenters. The van der Waals surface area contributed by atoms with E-state index in [0.717, 1.165) is 12.1 Å². The van der Waals surface area contributed by atoms with Crippen LogP contribution in [0.25, 0.3) is 0 Å². The summed E-state index contributed by atoms with van der Waals surface area (Å²) in [6.45, 7) is 9.42. The van der Waals surface area contributed by atoms with Crippen LogP contribution in [0.4, 0.5) is 0 Å². The third-order valence-corrected chi connectivity index (χ3v) is 13.8. The summed E-state index contributed by atoms with van der Waals surface area (Å²) in [4.78, 5) is 4.48. The minimum absolute atomic E-state index is 0.446. The SMILES string of the molecule is Cc1ccc[c-]c1C=NCc1ccccc1C.[C-]#[O+].[Cl][Ru+].c1ccc(P(c2ccccc2)c2ccccc2)cc1.c1ccc(P(c2ccccc2)c2ccccc2)cc1. The fourth-order valence-electron chi connectivity index (χ4n) is 6.05. The Hall–Kier alpha value is -5.06. The molecule has 0 fully saturated rings. The number of hydrogen-bond donors (Lipinski definition) is 0. The van der Waals surface area contributed by atoms with Crippen LogP contribution in [0.3, 0.4) is 0 Å². The molecule has 294 valence electrons. The summed E-state index contributed by atoms with van der Waals surface area (Å²) in [5.41, 5.74) is 4.85. The standard InChI is InChI=1S/2C18H15P.C16H16N.CO.ClH.Ru/c2*1-4-10-16(11-5-1)19(17-12-6-2-7-13-17)18-14-8-3-9-15-18;1-13-7-3-5-9-15(13)11-17-12-16-10-6-4-8-14(16)2;1-2;;/h2*1-15H;3-9,12H,11H2,1-2H3;;1H;/q;;-1;;;+2/p-1. The second-order valence-electron chi connectivity index (χ2n) is 12.8. The summed E-state index contributed by atoms with van der Waals surface area (Å²) in [7, 11) is 3.68. The monoisotopic (exact) mass is 911 g/mol. The molecule has 8 aromatic carbocycles. The molecule has 6 heteroatoms. The van der Waals surface area contributed by atoms with E-state index in [1.165, 1.54) is 48.5 Å². The van der Waals surface area contributed by atoms with Crippen molar-refractivity contribution in [1.82, 2.24) is 0 Å². The van der Waals surface area contributed by atoms with Crippen LogP contribution >= 0.6 is 25.5 Å². The first-order chi connectivity index (χ1) is 29.2. The van der Waals surface area contributed by atoms with Gasteiger partial charge in [0.15, 0.2) is 0 Å². The molecule has 2 nitrogen and oxygen atoms in total. The first kappa shape index (κ1) is 46.6. The number of rotatable bonds is 9. The van der Waals surface area contributed by atoms with Crippen LogP contribution in [0.5, 0.6) is 0 Å². The van der Waals surface area contributed by atoms with Gasteiger partial charge in [0.1, 0.15) is 0 Å². The summed E-state index contributed by atoms with van der Waals surface area (Å²) in [5, 5.41) is 8.39. The maximum atomic E-state index is 7.50. The Morgan fingerprint density at radius 1 is 0.458 bits per heavy atom. The average Bonchev–Trinajstić information content (AvgIpc) is 3.32. The van der Waals surface area contributed by atoms with E-state index in [-0.39, 0.29) is 0 Å². The zero-order valence-electron chi connectivity index (χ0n) is 33.1. The summed E-state index contributed by atoms with van der Waals surface area (Å²) >= 11 is 1.82. The topological polar surface area (TPSA) is 32.3 Å². The molecule has 8 rings (SSSR count). The van der Waals surface area contributed by atoms with Crippen molar-refractivity contribution in [2.75, 3.05) is 0 Å². The van der Waals surface area contributed by atoms with Crippen molar-refractivity contribution in [1.29, 1.82) is 0 Å². The number of hydrogen-bond acceptors (Lipinski definition) is 1. The van der Waals surface area contributed by atoms with Crippen molar-refractivity contribution in [3.8, 4) is 0 Å². The van der Waals surface area contributed by atoms with E-state index in [1.54, 1.807) is 0 Å². The molecule has 8 aromatic rings. The molecule has 0 N–H and O–H groups in total. The normalized spacial score (nSPS) is 10.1. The van der Waals surface area contributed by atoms with Crippen molar-refractivity contribution in [2.24, 2.45) is 4.99 Å². The Labute approximate surface area is 368 Å². The van der Waals surface area contributed by atoms with E-state index < -0.39 is 15.8 Å². The molecular weight excluding hydrogens is 865 g/mol. The van der Waals surface area contributed by atoms with Gasteiger partial charge in [-0.3, -0.25) is 0 Å². The van der Waals surface area contributed by atoms with Crippen molar-refractivity contribution in [3.63, 3.8) is 0 Å². The molecule has 0 aromatic heterocycles. The summed E-state index contributed by atoms with van der Waals surface area (Å²) in [5.74, 6) is 0. The second-order valence-corrected chi connectivity index (χ2v) is 17.3. The largest absolute Gasteiger partial charge is 0.0622 e. The van der Waals surface area contributed by atoms with Gasteiger partial charge in [0, 0.05) is 0 Å². The van der Waals surface area contributed by atoms with Gasteiger partial charge in [0.05, 0.1) is 6.54 Å². The van der Waals surface area contributed by atoms with Crippen LogP contribution in [0, 0.1) is 26.6 Å². The van der Waals surface area contributed by atoms with Crippen molar-refractivity contribution in [3.05, 3.63) is 259 Å². The molecule has 0 spiro atoms. The van der Waals surface area contributed by atoms with E-state index in [2.05, 4.69) is 254 Å². The third kappa shape index (κ3) is 15.2. The third-order valence-electron chi connectivity index (χ3n) is 8.94. The molecular formula is C53H46ClNOP2Ru. The Morgan fingerprint density at radius 3 is 1.05 bits per heavy atom. The molecule has 0 saturated heterocycles. The molecule has 0 radical (unpaired) electrons. The first-order valence-corrected chi connectivity index (χ1v) is 23.9. The molecule has 0 amide bonds. The number of benzene rings is 8. The smallest absolute Gasteiger partial charge is 0.0134 e. The fraction of sp³-hybridized carbons (Fsp3) is 0.0566. The zero-order chi connectivity index (χ0) is 41.9. The van der Waals surface area contributed by atoms with Gasteiger partial charge >= 0.3 is 38.3 Å². The van der Waals surface area contributed by atoms with E-state index in [9.17, 15) is 0 Å². The van der Waals surface area contributed by atoms with E-state index in [0.29, 0.717) is 0 Å². The Kier molecular flexibility index (Phi) is 21.8. The minimum atomic E-state index is -0.446. The zero-order valence-corrected chi connectivity index (χ0v) is 37.4. The van der Waals surface area contributed by atoms with Crippen LogP contribution in [0.2, 0.25) is 0 Å². The Morgan fingerprint density at radius 2 is 0.746 bits per heavy atom. The molecule has 0 atom stereocenters. The maximum absolute atomic E-state index is 7.50. The van der Waals surface area contributed by atoms with Gasteiger partial charge in [0.25, 0.3) is 0 Å². The number of nitrogens with zero attached hydrogens (tertiary/aromatic N) is 1. The van der Waals surface area contributed by atoms with E-state index in [1.807, 2.05) is 35.7 Å². The predicted octanol–water partition coefficient (Wildman–Crippen LogP) is 11.3. The first-order valence-electron chi connectivity index (χ1n) is 18.9. The second kappa shape index (κ2) is 27.6. The van der Waals surface area contributed by atoms with E-state index in [4.69, 9.17) is 4.65 Å². The van der Waals surface area contributed by atoms with Crippen LogP contribution in [-0.4, -0.2) is 6.21 Å². The quantitative estimate of drug-likeness (QED) is 0.0454. The van der Waals surface area contributed by atoms with Crippen molar-refractivity contribution < 1.29 is 22.0 Å². The molecule has 59 heavy (non-hydrogen) atoms. The molecule has 0 bridgehead atoms. The van der Waals surface area contributed by atoms with Crippen LogP contribution in [-0.2, 0) is 28.5 Å². The summed E-state index contributed by atoms with van der Waals surface area (Å²) in [6, 6.07) is 82.2. The van der Waals surface area contributed by atoms with Crippen LogP contribution in [0.15, 0.2) is 229 Å². The maximum Gasteiger partial charge on any atom is -0.0134 e. The van der Waals surface area contributed by atoms with Gasteiger partial charge in [0.2, 0.25) is 0 Å². The van der Waals surface area contributed by atoms with Gasteiger partial charge < -0.3 is 4.99 Å². The molecule has 0 heterocycles. The summed E-state index contributed by atoms with van der Waals surface area (Å²) < 4.78 is 7.50. The van der Waals surface area contributed by atoms with Crippen molar-refractivity contribution in [2.45, 2.75) is 20.4 Å². The Bertz CT molecular complexity index is 2060. The fourth-order valence-corrected chi connectivity index (χ4v) is 10.7. The van der Waals surface area contributed by atoms with E-state index >= 15 is 0 Å². The van der Waals surface area contributed by atoms with Crippen LogP contribution in [0.1, 0.15) is 22.3 Å². The number of aryl methyl sites for hydroxylation is 2. The predicted molar refractivity (Wildman–Crippen MR) is 253 cm³/mol. The van der Waals surface area contributed by atoms with Gasteiger partial charge in [-0.05, 0) is 65.7 Å². The van der Waals surface area contributed by atoms with Gasteiger partial charge in [-0.25, -0.2) is 0 Å². The van der Waals surface area contributed by atoms with Gasteiger partial charge in [-0.2, -0.15) is 0 Å². The summed E-state index contributed by atoms with van der Waals surface area (Å²) in [6.07, 6.45) is 1.90. The van der Waals surface area contributed by atoms with Gasteiger partial charge in [-0.15, -0.1) is 35.4 Å². The number of halogens is 1. The average molecular weight is 911 g/mol. The number of aliphatic imine (C=N–C) groups is 1. The molecule has 0 aliphatic heterocycles. The van der Waals surface area contributed by atoms with Gasteiger partial charge in [-0.1, -0.05) is 219 Å². The molecule has 0 saturated carbocycles. The Balaban J connectivity index is 0.000000188. The minimum Gasteiger partial charge on any atom is -0.0622 e. The van der Waals surface area contributed by atoms with Crippen molar-refractivity contribution >= 4 is 63.6 Å². The molecule has 0 aliphatic carbocycles. The van der Waals surface area contributed by atoms with Crippen LogP contribution < -0.4 is 31.8 Å². The molecule has 0 aliphatic rings.